The van der Waals surface area contributed by atoms with Crippen LogP contribution < -0.4 is 5.32 Å². The Morgan fingerprint density at radius 1 is 0.842 bits per heavy atom. The Kier molecular flexibility index (Phi) is 3.53. The standard InChI is InChI=1S/C15H18N4/c1-19-10-14-6-2-4-12(17-14)8-16-9-13-5-3-7-15(11-19)18-13/h2-7,16H,8-11H2,1H3. The molecule has 2 aromatic rings. The molecule has 19 heavy (non-hydrogen) atoms. The van der Waals surface area contributed by atoms with Gasteiger partial charge in [-0.3, -0.25) is 14.9 Å². The average Bonchev–Trinajstić information content (AvgIpc) is 2.38. The van der Waals surface area contributed by atoms with Crippen LogP contribution in [0.5, 0.6) is 0 Å². The number of aromatic nitrogens is 2. The van der Waals surface area contributed by atoms with Gasteiger partial charge >= 0.3 is 0 Å². The zero-order valence-corrected chi connectivity index (χ0v) is 11.1. The predicted molar refractivity (Wildman–Crippen MR) is 74.2 cm³/mol. The molecule has 0 spiro atoms. The maximum absolute atomic E-state index is 4.67. The van der Waals surface area contributed by atoms with Crippen molar-refractivity contribution in [2.24, 2.45) is 0 Å². The van der Waals surface area contributed by atoms with Crippen LogP contribution in [-0.2, 0) is 26.2 Å². The van der Waals surface area contributed by atoms with E-state index in [1.165, 1.54) is 0 Å². The SMILES string of the molecule is CN1Cc2cccc(n2)CNCc2cccc(n2)C1. The van der Waals surface area contributed by atoms with Crippen molar-refractivity contribution in [2.75, 3.05) is 7.05 Å². The lowest BCUT2D eigenvalue weighted by molar-refractivity contribution is 0.310. The van der Waals surface area contributed by atoms with Crippen LogP contribution in [-0.4, -0.2) is 21.9 Å². The molecule has 0 saturated carbocycles. The number of hydrogen-bond donors (Lipinski definition) is 1. The lowest BCUT2D eigenvalue weighted by atomic mass is 10.2. The highest BCUT2D eigenvalue weighted by molar-refractivity contribution is 5.14. The minimum atomic E-state index is 0.781. The summed E-state index contributed by atoms with van der Waals surface area (Å²) in [5.74, 6) is 0. The van der Waals surface area contributed by atoms with Gasteiger partial charge in [0.25, 0.3) is 0 Å². The summed E-state index contributed by atoms with van der Waals surface area (Å²) in [5, 5.41) is 3.39. The van der Waals surface area contributed by atoms with Crippen LogP contribution in [0.2, 0.25) is 0 Å². The Morgan fingerprint density at radius 2 is 1.32 bits per heavy atom. The number of fused-ring (bicyclic) bond motifs is 4. The Labute approximate surface area is 113 Å². The highest BCUT2D eigenvalue weighted by atomic mass is 15.1. The van der Waals surface area contributed by atoms with Crippen LogP contribution in [0.4, 0.5) is 0 Å². The maximum Gasteiger partial charge on any atom is 0.0547 e. The smallest absolute Gasteiger partial charge is 0.0547 e. The fourth-order valence-electron chi connectivity index (χ4n) is 2.36. The molecule has 1 aliphatic heterocycles. The Hall–Kier alpha value is -1.78. The van der Waals surface area contributed by atoms with E-state index in [1.54, 1.807) is 0 Å². The first-order valence-electron chi connectivity index (χ1n) is 6.58. The Morgan fingerprint density at radius 3 is 1.84 bits per heavy atom. The summed E-state index contributed by atoms with van der Waals surface area (Å²) < 4.78 is 0. The van der Waals surface area contributed by atoms with Crippen LogP contribution in [0.25, 0.3) is 0 Å². The quantitative estimate of drug-likeness (QED) is 0.777. The van der Waals surface area contributed by atoms with E-state index in [9.17, 15) is 0 Å². The second-order valence-electron chi connectivity index (χ2n) is 5.02. The maximum atomic E-state index is 4.67. The molecule has 1 aliphatic rings. The van der Waals surface area contributed by atoms with Crippen molar-refractivity contribution >= 4 is 0 Å². The lowest BCUT2D eigenvalue weighted by Gasteiger charge is -2.17. The molecule has 0 aromatic carbocycles. The van der Waals surface area contributed by atoms with Gasteiger partial charge in [-0.2, -0.15) is 0 Å². The molecule has 0 amide bonds. The van der Waals surface area contributed by atoms with Crippen LogP contribution in [0.3, 0.4) is 0 Å². The van der Waals surface area contributed by atoms with E-state index in [2.05, 4.69) is 63.6 Å². The molecule has 3 rings (SSSR count). The molecule has 0 unspecified atom stereocenters. The second-order valence-corrected chi connectivity index (χ2v) is 5.02. The van der Waals surface area contributed by atoms with Crippen LogP contribution in [0.15, 0.2) is 36.4 Å². The molecule has 0 saturated heterocycles. The highest BCUT2D eigenvalue weighted by Crippen LogP contribution is 2.08. The number of hydrogen-bond acceptors (Lipinski definition) is 4. The molecular formula is C15H18N4. The van der Waals surface area contributed by atoms with E-state index in [1.807, 2.05) is 0 Å². The minimum Gasteiger partial charge on any atom is -0.306 e. The molecule has 4 heteroatoms. The molecule has 0 aliphatic carbocycles. The predicted octanol–water partition coefficient (Wildman–Crippen LogP) is 1.71. The van der Waals surface area contributed by atoms with E-state index in [-0.39, 0.29) is 0 Å². The Bertz CT molecular complexity index is 518. The lowest BCUT2D eigenvalue weighted by Crippen LogP contribution is -2.22. The summed E-state index contributed by atoms with van der Waals surface area (Å²) in [5.41, 5.74) is 4.39. The number of nitrogens with one attached hydrogen (secondary N) is 1. The molecule has 98 valence electrons. The van der Waals surface area contributed by atoms with Gasteiger partial charge in [0, 0.05) is 26.2 Å². The minimum absolute atomic E-state index is 0.781. The zero-order chi connectivity index (χ0) is 13.1. The van der Waals surface area contributed by atoms with Crippen LogP contribution in [0, 0.1) is 0 Å². The van der Waals surface area contributed by atoms with Crippen LogP contribution in [0.1, 0.15) is 22.8 Å². The van der Waals surface area contributed by atoms with E-state index in [4.69, 9.17) is 0 Å². The fourth-order valence-corrected chi connectivity index (χ4v) is 2.36. The van der Waals surface area contributed by atoms with E-state index in [0.717, 1.165) is 49.0 Å². The molecule has 0 radical (unpaired) electrons. The summed E-state index contributed by atoms with van der Waals surface area (Å²) in [6.45, 7) is 3.26. The summed E-state index contributed by atoms with van der Waals surface area (Å²) in [7, 11) is 2.10. The number of rotatable bonds is 0. The van der Waals surface area contributed by atoms with Gasteiger partial charge in [0.2, 0.25) is 0 Å². The van der Waals surface area contributed by atoms with E-state index < -0.39 is 0 Å². The third-order valence-corrected chi connectivity index (χ3v) is 3.20. The fraction of sp³-hybridized carbons (Fsp3) is 0.333. The first-order valence-corrected chi connectivity index (χ1v) is 6.58. The van der Waals surface area contributed by atoms with Gasteiger partial charge in [0.05, 0.1) is 22.8 Å². The van der Waals surface area contributed by atoms with Gasteiger partial charge < -0.3 is 5.32 Å². The molecular weight excluding hydrogens is 236 g/mol. The van der Waals surface area contributed by atoms with Crippen molar-refractivity contribution in [3.8, 4) is 0 Å². The second kappa shape index (κ2) is 5.47. The van der Waals surface area contributed by atoms with Crippen molar-refractivity contribution in [3.05, 3.63) is 59.2 Å². The van der Waals surface area contributed by atoms with E-state index in [0.29, 0.717) is 0 Å². The topological polar surface area (TPSA) is 41.1 Å². The van der Waals surface area contributed by atoms with Gasteiger partial charge in [0.15, 0.2) is 0 Å². The third-order valence-electron chi connectivity index (χ3n) is 3.20. The molecule has 1 N–H and O–H groups in total. The third kappa shape index (κ3) is 3.16. The highest BCUT2D eigenvalue weighted by Gasteiger charge is 2.07. The molecule has 0 atom stereocenters. The summed E-state index contributed by atoms with van der Waals surface area (Å²) in [6.07, 6.45) is 0. The number of pyridine rings is 2. The van der Waals surface area contributed by atoms with Gasteiger partial charge in [0.1, 0.15) is 0 Å². The van der Waals surface area contributed by atoms with Crippen molar-refractivity contribution in [3.63, 3.8) is 0 Å². The average molecular weight is 254 g/mol. The molecule has 3 heterocycles. The van der Waals surface area contributed by atoms with Gasteiger partial charge in [-0.05, 0) is 31.3 Å². The monoisotopic (exact) mass is 254 g/mol. The van der Waals surface area contributed by atoms with Gasteiger partial charge in [-0.25, -0.2) is 0 Å². The molecule has 2 aromatic heterocycles. The Balaban J connectivity index is 1.89. The largest absolute Gasteiger partial charge is 0.306 e. The van der Waals surface area contributed by atoms with Crippen molar-refractivity contribution < 1.29 is 0 Å². The molecule has 0 fully saturated rings. The van der Waals surface area contributed by atoms with Crippen LogP contribution >= 0.6 is 0 Å². The molecule has 4 bridgehead atoms. The first-order chi connectivity index (χ1) is 9.29. The van der Waals surface area contributed by atoms with Crippen molar-refractivity contribution in [2.45, 2.75) is 26.2 Å². The first kappa shape index (κ1) is 12.3. The van der Waals surface area contributed by atoms with Crippen molar-refractivity contribution in [1.82, 2.24) is 20.2 Å². The van der Waals surface area contributed by atoms with E-state index >= 15 is 0 Å². The summed E-state index contributed by atoms with van der Waals surface area (Å²) in [6, 6.07) is 12.4. The summed E-state index contributed by atoms with van der Waals surface area (Å²) in [4.78, 5) is 11.6. The van der Waals surface area contributed by atoms with Crippen molar-refractivity contribution in [1.29, 1.82) is 0 Å². The molecule has 4 nitrogen and oxygen atoms in total. The number of nitrogens with zero attached hydrogens (tertiary/aromatic N) is 3. The van der Waals surface area contributed by atoms with Gasteiger partial charge in [-0.15, -0.1) is 0 Å². The zero-order valence-electron chi connectivity index (χ0n) is 11.1. The normalized spacial score (nSPS) is 16.5. The summed E-state index contributed by atoms with van der Waals surface area (Å²) >= 11 is 0. The van der Waals surface area contributed by atoms with Gasteiger partial charge in [-0.1, -0.05) is 12.1 Å².